The quantitative estimate of drug-likeness (QED) is 0.601. The van der Waals surface area contributed by atoms with Crippen molar-refractivity contribution in [2.45, 2.75) is 18.9 Å². The molecule has 3 nitrogen and oxygen atoms in total. The Morgan fingerprint density at radius 2 is 2.50 bits per heavy atom. The Labute approximate surface area is 71.5 Å². The molecule has 3 heteroatoms. The molecule has 0 spiro atoms. The van der Waals surface area contributed by atoms with Gasteiger partial charge in [0.25, 0.3) is 0 Å². The Balaban J connectivity index is 2.10. The summed E-state index contributed by atoms with van der Waals surface area (Å²) in [4.78, 5) is 11.0. The molecule has 0 bridgehead atoms. The van der Waals surface area contributed by atoms with Crippen LogP contribution in [0.4, 0.5) is 0 Å². The van der Waals surface area contributed by atoms with Crippen LogP contribution in [0.5, 0.6) is 0 Å². The van der Waals surface area contributed by atoms with E-state index in [1.165, 1.54) is 5.57 Å². The first-order valence-electron chi connectivity index (χ1n) is 4.40. The van der Waals surface area contributed by atoms with E-state index in [-0.39, 0.29) is 18.4 Å². The first-order valence-corrected chi connectivity index (χ1v) is 4.40. The van der Waals surface area contributed by atoms with Gasteiger partial charge < -0.3 is 10.4 Å². The Hall–Kier alpha value is -0.670. The number of ketones is 1. The Kier molecular flexibility index (Phi) is 1.98. The minimum Gasteiger partial charge on any atom is -0.396 e. The van der Waals surface area contributed by atoms with Crippen LogP contribution in [0.15, 0.2) is 11.6 Å². The SMILES string of the molecule is O=C1C=C2C(CNC2CCO)C1. The average molecular weight is 167 g/mol. The summed E-state index contributed by atoms with van der Waals surface area (Å²) in [7, 11) is 0. The van der Waals surface area contributed by atoms with Gasteiger partial charge in [0.05, 0.1) is 0 Å². The molecule has 2 atom stereocenters. The fourth-order valence-corrected chi connectivity index (χ4v) is 2.10. The molecule has 1 fully saturated rings. The minimum absolute atomic E-state index is 0.190. The Bertz CT molecular complexity index is 233. The highest BCUT2D eigenvalue weighted by Gasteiger charge is 2.34. The number of carbonyl (C=O) groups is 1. The van der Waals surface area contributed by atoms with Crippen LogP contribution in [0, 0.1) is 5.92 Å². The van der Waals surface area contributed by atoms with Gasteiger partial charge in [-0.2, -0.15) is 0 Å². The molecule has 0 saturated carbocycles. The molecule has 1 saturated heterocycles. The standard InChI is InChI=1S/C9H13NO2/c11-2-1-9-8-4-7(12)3-6(8)5-10-9/h4,6,9-11H,1-3,5H2. The molecule has 66 valence electrons. The maximum atomic E-state index is 11.0. The van der Waals surface area contributed by atoms with Crippen molar-refractivity contribution in [2.75, 3.05) is 13.2 Å². The monoisotopic (exact) mass is 167 g/mol. The van der Waals surface area contributed by atoms with E-state index in [0.717, 1.165) is 13.0 Å². The highest BCUT2D eigenvalue weighted by molar-refractivity contribution is 5.94. The van der Waals surface area contributed by atoms with Crippen molar-refractivity contribution in [3.8, 4) is 0 Å². The van der Waals surface area contributed by atoms with Crippen molar-refractivity contribution in [3.63, 3.8) is 0 Å². The van der Waals surface area contributed by atoms with Gasteiger partial charge in [-0.3, -0.25) is 4.79 Å². The maximum absolute atomic E-state index is 11.0. The molecule has 1 aliphatic carbocycles. The summed E-state index contributed by atoms with van der Waals surface area (Å²) in [6.45, 7) is 1.10. The van der Waals surface area contributed by atoms with Crippen molar-refractivity contribution in [2.24, 2.45) is 5.92 Å². The predicted molar refractivity (Wildman–Crippen MR) is 44.7 cm³/mol. The first-order chi connectivity index (χ1) is 5.81. The molecular formula is C9H13NO2. The van der Waals surface area contributed by atoms with Gasteiger partial charge in [0.15, 0.2) is 5.78 Å². The normalized spacial score (nSPS) is 33.8. The number of hydrogen-bond acceptors (Lipinski definition) is 3. The van der Waals surface area contributed by atoms with Crippen LogP contribution in [-0.2, 0) is 4.79 Å². The van der Waals surface area contributed by atoms with Crippen molar-refractivity contribution < 1.29 is 9.90 Å². The van der Waals surface area contributed by atoms with Crippen molar-refractivity contribution in [1.29, 1.82) is 0 Å². The lowest BCUT2D eigenvalue weighted by atomic mass is 10.00. The molecular weight excluding hydrogens is 154 g/mol. The number of hydrogen-bond donors (Lipinski definition) is 2. The fourth-order valence-electron chi connectivity index (χ4n) is 2.10. The van der Waals surface area contributed by atoms with E-state index >= 15 is 0 Å². The third-order valence-corrected chi connectivity index (χ3v) is 2.68. The number of fused-ring (bicyclic) bond motifs is 1. The summed E-state index contributed by atoms with van der Waals surface area (Å²) in [5, 5.41) is 12.1. The first kappa shape index (κ1) is 7.95. The third-order valence-electron chi connectivity index (χ3n) is 2.68. The lowest BCUT2D eigenvalue weighted by molar-refractivity contribution is -0.114. The van der Waals surface area contributed by atoms with Crippen LogP contribution >= 0.6 is 0 Å². The minimum atomic E-state index is 0.190. The molecule has 2 unspecified atom stereocenters. The number of nitrogens with one attached hydrogen (secondary N) is 1. The Morgan fingerprint density at radius 1 is 1.67 bits per heavy atom. The highest BCUT2D eigenvalue weighted by atomic mass is 16.3. The van der Waals surface area contributed by atoms with Gasteiger partial charge >= 0.3 is 0 Å². The van der Waals surface area contributed by atoms with Crippen LogP contribution < -0.4 is 5.32 Å². The zero-order chi connectivity index (χ0) is 8.55. The van der Waals surface area contributed by atoms with Gasteiger partial charge in [-0.05, 0) is 18.1 Å². The van der Waals surface area contributed by atoms with E-state index in [1.54, 1.807) is 6.08 Å². The molecule has 2 aliphatic rings. The molecule has 0 radical (unpaired) electrons. The van der Waals surface area contributed by atoms with Crippen LogP contribution in [0.3, 0.4) is 0 Å². The largest absolute Gasteiger partial charge is 0.396 e. The molecule has 2 N–H and O–H groups in total. The molecule has 0 aromatic rings. The number of aliphatic hydroxyl groups is 1. The lowest BCUT2D eigenvalue weighted by Gasteiger charge is -2.09. The van der Waals surface area contributed by atoms with Crippen LogP contribution in [0.2, 0.25) is 0 Å². The van der Waals surface area contributed by atoms with Crippen LogP contribution in [-0.4, -0.2) is 30.1 Å². The summed E-state index contributed by atoms with van der Waals surface area (Å²) in [5.74, 6) is 0.675. The van der Waals surface area contributed by atoms with Crippen LogP contribution in [0.1, 0.15) is 12.8 Å². The van der Waals surface area contributed by atoms with E-state index in [4.69, 9.17) is 5.11 Å². The van der Waals surface area contributed by atoms with Crippen molar-refractivity contribution in [1.82, 2.24) is 5.32 Å². The number of allylic oxidation sites excluding steroid dienone is 1. The predicted octanol–water partition coefficient (Wildman–Crippen LogP) is -0.144. The molecule has 0 amide bonds. The molecule has 1 aliphatic heterocycles. The molecule has 12 heavy (non-hydrogen) atoms. The van der Waals surface area contributed by atoms with E-state index in [1.807, 2.05) is 0 Å². The molecule has 2 rings (SSSR count). The van der Waals surface area contributed by atoms with Crippen molar-refractivity contribution in [3.05, 3.63) is 11.6 Å². The maximum Gasteiger partial charge on any atom is 0.156 e. The second-order valence-electron chi connectivity index (χ2n) is 3.48. The van der Waals surface area contributed by atoms with Crippen molar-refractivity contribution >= 4 is 5.78 Å². The highest BCUT2D eigenvalue weighted by Crippen LogP contribution is 2.31. The second kappa shape index (κ2) is 2.99. The second-order valence-corrected chi connectivity index (χ2v) is 3.48. The Morgan fingerprint density at radius 3 is 3.25 bits per heavy atom. The fraction of sp³-hybridized carbons (Fsp3) is 0.667. The summed E-state index contributed by atoms with van der Waals surface area (Å²) in [6, 6.07) is 0.256. The number of carbonyl (C=O) groups excluding carboxylic acids is 1. The zero-order valence-electron chi connectivity index (χ0n) is 6.92. The van der Waals surface area contributed by atoms with Crippen LogP contribution in [0.25, 0.3) is 0 Å². The van der Waals surface area contributed by atoms with E-state index in [0.29, 0.717) is 12.3 Å². The molecule has 0 aromatic carbocycles. The van der Waals surface area contributed by atoms with Gasteiger partial charge in [0.2, 0.25) is 0 Å². The van der Waals surface area contributed by atoms with Gasteiger partial charge in [-0.1, -0.05) is 0 Å². The van der Waals surface area contributed by atoms with E-state index < -0.39 is 0 Å². The van der Waals surface area contributed by atoms with Gasteiger partial charge in [0.1, 0.15) is 0 Å². The summed E-state index contributed by atoms with van der Waals surface area (Å²) >= 11 is 0. The lowest BCUT2D eigenvalue weighted by Crippen LogP contribution is -2.24. The van der Waals surface area contributed by atoms with Gasteiger partial charge in [-0.25, -0.2) is 0 Å². The molecule has 1 heterocycles. The average Bonchev–Trinajstić information content (AvgIpc) is 2.52. The topological polar surface area (TPSA) is 49.3 Å². The summed E-state index contributed by atoms with van der Waals surface area (Å²) < 4.78 is 0. The van der Waals surface area contributed by atoms with E-state index in [9.17, 15) is 4.79 Å². The van der Waals surface area contributed by atoms with E-state index in [2.05, 4.69) is 5.32 Å². The smallest absolute Gasteiger partial charge is 0.156 e. The van der Waals surface area contributed by atoms with Gasteiger partial charge in [-0.15, -0.1) is 0 Å². The zero-order valence-corrected chi connectivity index (χ0v) is 6.92. The number of rotatable bonds is 2. The summed E-state index contributed by atoms with van der Waals surface area (Å²) in [6.07, 6.45) is 3.16. The number of aliphatic hydroxyl groups excluding tert-OH is 1. The molecule has 0 aromatic heterocycles. The van der Waals surface area contributed by atoms with Gasteiger partial charge in [0, 0.05) is 31.5 Å². The summed E-state index contributed by atoms with van der Waals surface area (Å²) in [5.41, 5.74) is 1.22. The third kappa shape index (κ3) is 1.19.